The van der Waals surface area contributed by atoms with Crippen LogP contribution in [0.1, 0.15) is 19.8 Å². The van der Waals surface area contributed by atoms with Gasteiger partial charge in [0.05, 0.1) is 6.04 Å². The van der Waals surface area contributed by atoms with Crippen molar-refractivity contribution in [1.29, 1.82) is 0 Å². The molecule has 0 aromatic heterocycles. The molecule has 1 atom stereocenters. The molecule has 56 valence electrons. The first-order chi connectivity index (χ1) is 4.75. The Morgan fingerprint density at radius 3 is 2.90 bits per heavy atom. The van der Waals surface area contributed by atoms with Crippen LogP contribution in [0.3, 0.4) is 0 Å². The second kappa shape index (κ2) is 2.68. The van der Waals surface area contributed by atoms with Gasteiger partial charge in [-0.3, -0.25) is 9.59 Å². The predicted octanol–water partition coefficient (Wildman–Crippen LogP) is 0.0853. The summed E-state index contributed by atoms with van der Waals surface area (Å²) in [5, 5.41) is 1.12. The molecule has 4 nitrogen and oxygen atoms in total. The zero-order chi connectivity index (χ0) is 7.56. The zero-order valence-corrected chi connectivity index (χ0v) is 5.74. The Bertz CT molecular complexity index is 157. The highest BCUT2D eigenvalue weighted by Crippen LogP contribution is 2.16. The molecule has 1 rings (SSSR count). The molecule has 1 heterocycles. The Morgan fingerprint density at radius 2 is 2.50 bits per heavy atom. The molecule has 0 bridgehead atoms. The van der Waals surface area contributed by atoms with E-state index in [1.807, 2.05) is 6.92 Å². The maximum Gasteiger partial charge on any atom is 0.320 e. The third-order valence-electron chi connectivity index (χ3n) is 1.58. The molecule has 0 saturated carbocycles. The molecule has 0 N–H and O–H groups in total. The van der Waals surface area contributed by atoms with E-state index in [0.717, 1.165) is 11.5 Å². The van der Waals surface area contributed by atoms with Crippen LogP contribution in [0.15, 0.2) is 0 Å². The Morgan fingerprint density at radius 1 is 1.80 bits per heavy atom. The lowest BCUT2D eigenvalue weighted by Crippen LogP contribution is -2.30. The molecule has 4 heteroatoms. The molecule has 0 aliphatic carbocycles. The number of hydrogen-bond donors (Lipinski definition) is 0. The third-order valence-corrected chi connectivity index (χ3v) is 1.58. The number of hydroxylamine groups is 2. The predicted molar refractivity (Wildman–Crippen MR) is 32.7 cm³/mol. The molecular weight excluding hydrogens is 134 g/mol. The lowest BCUT2D eigenvalue weighted by atomic mass is 10.3. The first-order valence-corrected chi connectivity index (χ1v) is 3.18. The lowest BCUT2D eigenvalue weighted by Gasteiger charge is -2.16. The Labute approximate surface area is 58.7 Å². The molecule has 1 aliphatic rings. The maximum atomic E-state index is 10.8. The normalized spacial score (nSPS) is 25.1. The number of hydrogen-bond acceptors (Lipinski definition) is 3. The number of carbonyl (C=O) groups is 2. The van der Waals surface area contributed by atoms with Crippen LogP contribution in [-0.2, 0) is 14.4 Å². The van der Waals surface area contributed by atoms with Crippen LogP contribution in [0.2, 0.25) is 0 Å². The van der Waals surface area contributed by atoms with Gasteiger partial charge in [0.25, 0.3) is 5.91 Å². The van der Waals surface area contributed by atoms with Gasteiger partial charge in [-0.05, 0) is 13.3 Å². The van der Waals surface area contributed by atoms with Crippen LogP contribution < -0.4 is 0 Å². The van der Waals surface area contributed by atoms with Crippen LogP contribution in [0.25, 0.3) is 0 Å². The number of rotatable bonds is 2. The van der Waals surface area contributed by atoms with Crippen molar-refractivity contribution in [2.45, 2.75) is 25.8 Å². The van der Waals surface area contributed by atoms with Gasteiger partial charge in [-0.25, -0.2) is 0 Å². The van der Waals surface area contributed by atoms with Gasteiger partial charge < -0.3 is 4.84 Å². The Hall–Kier alpha value is -1.06. The summed E-state index contributed by atoms with van der Waals surface area (Å²) in [4.78, 5) is 25.1. The SMILES string of the molecule is C[C@H]1CCC(=O)N1OC=O. The summed E-state index contributed by atoms with van der Waals surface area (Å²) in [6.45, 7) is 2.12. The topological polar surface area (TPSA) is 46.6 Å². The highest BCUT2D eigenvalue weighted by molar-refractivity contribution is 5.78. The van der Waals surface area contributed by atoms with Crippen molar-refractivity contribution < 1.29 is 14.4 Å². The van der Waals surface area contributed by atoms with E-state index in [-0.39, 0.29) is 18.4 Å². The second-order valence-corrected chi connectivity index (χ2v) is 2.31. The average molecular weight is 143 g/mol. The average Bonchev–Trinajstić information content (AvgIpc) is 2.20. The monoisotopic (exact) mass is 143 g/mol. The van der Waals surface area contributed by atoms with E-state index < -0.39 is 0 Å². The van der Waals surface area contributed by atoms with Crippen molar-refractivity contribution in [3.8, 4) is 0 Å². The zero-order valence-electron chi connectivity index (χ0n) is 5.74. The summed E-state index contributed by atoms with van der Waals surface area (Å²) in [7, 11) is 0. The fraction of sp³-hybridized carbons (Fsp3) is 0.667. The van der Waals surface area contributed by atoms with Gasteiger partial charge in [0, 0.05) is 6.42 Å². The summed E-state index contributed by atoms with van der Waals surface area (Å²) in [5.41, 5.74) is 0. The summed E-state index contributed by atoms with van der Waals surface area (Å²) in [5.74, 6) is -0.111. The van der Waals surface area contributed by atoms with Crippen molar-refractivity contribution in [3.05, 3.63) is 0 Å². The highest BCUT2D eigenvalue weighted by atomic mass is 16.7. The molecule has 0 aromatic rings. The molecule has 1 saturated heterocycles. The van der Waals surface area contributed by atoms with Crippen LogP contribution in [0.5, 0.6) is 0 Å². The molecule has 10 heavy (non-hydrogen) atoms. The van der Waals surface area contributed by atoms with E-state index >= 15 is 0 Å². The Balaban J connectivity index is 2.53. The largest absolute Gasteiger partial charge is 0.341 e. The van der Waals surface area contributed by atoms with E-state index in [0.29, 0.717) is 6.42 Å². The first kappa shape index (κ1) is 7.05. The number of amides is 1. The molecule has 1 amide bonds. The van der Waals surface area contributed by atoms with Gasteiger partial charge in [0.15, 0.2) is 0 Å². The summed E-state index contributed by atoms with van der Waals surface area (Å²) < 4.78 is 0. The molecule has 1 aliphatic heterocycles. The summed E-state index contributed by atoms with van der Waals surface area (Å²) >= 11 is 0. The van der Waals surface area contributed by atoms with Crippen molar-refractivity contribution in [2.24, 2.45) is 0 Å². The highest BCUT2D eigenvalue weighted by Gasteiger charge is 2.28. The molecule has 0 radical (unpaired) electrons. The van der Waals surface area contributed by atoms with Gasteiger partial charge in [-0.15, -0.1) is 0 Å². The van der Waals surface area contributed by atoms with Crippen LogP contribution in [0.4, 0.5) is 0 Å². The van der Waals surface area contributed by atoms with Crippen molar-refractivity contribution in [1.82, 2.24) is 5.06 Å². The van der Waals surface area contributed by atoms with Crippen molar-refractivity contribution >= 4 is 12.4 Å². The fourth-order valence-corrected chi connectivity index (χ4v) is 1.01. The summed E-state index contributed by atoms with van der Waals surface area (Å²) in [6.07, 6.45) is 1.25. The molecular formula is C6H9NO3. The number of carbonyl (C=O) groups excluding carboxylic acids is 2. The van der Waals surface area contributed by atoms with Crippen LogP contribution in [-0.4, -0.2) is 23.5 Å². The summed E-state index contributed by atoms with van der Waals surface area (Å²) in [6, 6.07) is 0.0395. The standard InChI is InChI=1S/C6H9NO3/c1-5-2-3-6(9)7(5)10-4-8/h4-5H,2-3H2,1H3/t5-/m0/s1. The third kappa shape index (κ3) is 1.10. The second-order valence-electron chi connectivity index (χ2n) is 2.31. The van der Waals surface area contributed by atoms with Crippen molar-refractivity contribution in [2.75, 3.05) is 0 Å². The van der Waals surface area contributed by atoms with Crippen LogP contribution in [0, 0.1) is 0 Å². The molecule has 0 unspecified atom stereocenters. The molecule has 0 spiro atoms. The number of nitrogens with zero attached hydrogens (tertiary/aromatic N) is 1. The van der Waals surface area contributed by atoms with Crippen molar-refractivity contribution in [3.63, 3.8) is 0 Å². The van der Waals surface area contributed by atoms with Crippen LogP contribution >= 0.6 is 0 Å². The van der Waals surface area contributed by atoms with E-state index in [9.17, 15) is 9.59 Å². The van der Waals surface area contributed by atoms with E-state index in [2.05, 4.69) is 4.84 Å². The van der Waals surface area contributed by atoms with Gasteiger partial charge in [0.2, 0.25) is 0 Å². The minimum absolute atomic E-state index is 0.0395. The molecule has 0 aromatic carbocycles. The van der Waals surface area contributed by atoms with E-state index in [4.69, 9.17) is 0 Å². The first-order valence-electron chi connectivity index (χ1n) is 3.18. The van der Waals surface area contributed by atoms with E-state index in [1.54, 1.807) is 0 Å². The minimum Gasteiger partial charge on any atom is -0.341 e. The fourth-order valence-electron chi connectivity index (χ4n) is 1.01. The minimum atomic E-state index is -0.111. The molecule has 1 fully saturated rings. The smallest absolute Gasteiger partial charge is 0.320 e. The van der Waals surface area contributed by atoms with E-state index in [1.165, 1.54) is 0 Å². The lowest BCUT2D eigenvalue weighted by molar-refractivity contribution is -0.187. The van der Waals surface area contributed by atoms with Gasteiger partial charge in [-0.1, -0.05) is 0 Å². The van der Waals surface area contributed by atoms with Gasteiger partial charge in [-0.2, -0.15) is 5.06 Å². The quantitative estimate of drug-likeness (QED) is 0.514. The Kier molecular flexibility index (Phi) is 1.89. The van der Waals surface area contributed by atoms with Gasteiger partial charge >= 0.3 is 6.47 Å². The maximum absolute atomic E-state index is 10.8. The van der Waals surface area contributed by atoms with Gasteiger partial charge in [0.1, 0.15) is 0 Å².